The number of anilines is 1. The number of likely N-dealkylation sites (N-methyl/N-ethyl adjacent to an activating group) is 1. The number of carbonyl (C=O) groups is 1. The smallest absolute Gasteiger partial charge is 0.305 e. The van der Waals surface area contributed by atoms with Crippen LogP contribution >= 0.6 is 11.3 Å². The van der Waals surface area contributed by atoms with Gasteiger partial charge in [-0.15, -0.1) is 0 Å². The molecule has 0 spiro atoms. The second-order valence-electron chi connectivity index (χ2n) is 4.07. The first kappa shape index (κ1) is 15.6. The van der Waals surface area contributed by atoms with E-state index >= 15 is 0 Å². The van der Waals surface area contributed by atoms with Gasteiger partial charge in [0.15, 0.2) is 0 Å². The molecule has 0 aromatic carbocycles. The third-order valence-electron chi connectivity index (χ3n) is 3.00. The predicted octanol–water partition coefficient (Wildman–Crippen LogP) is 2.35. The van der Waals surface area contributed by atoms with Crippen LogP contribution in [0, 0.1) is 10.1 Å². The number of carbonyl (C=O) groups excluding carboxylic acids is 1. The molecule has 0 N–H and O–H groups in total. The Kier molecular flexibility index (Phi) is 5.91. The van der Waals surface area contributed by atoms with E-state index in [1.807, 2.05) is 0 Å². The minimum absolute atomic E-state index is 0.0229. The maximum atomic E-state index is 11.7. The van der Waals surface area contributed by atoms with E-state index in [-0.39, 0.29) is 10.9 Å². The molecule has 1 rings (SSSR count). The molecule has 0 fully saturated rings. The molecule has 0 bridgehead atoms. The Labute approximate surface area is 116 Å². The van der Waals surface area contributed by atoms with Crippen molar-refractivity contribution in [1.82, 2.24) is 4.90 Å². The highest BCUT2D eigenvalue weighted by atomic mass is 32.1. The molecule has 0 saturated heterocycles. The van der Waals surface area contributed by atoms with Gasteiger partial charge in [0.05, 0.1) is 4.92 Å². The van der Waals surface area contributed by atoms with E-state index < -0.39 is 4.92 Å². The van der Waals surface area contributed by atoms with Gasteiger partial charge in [0.1, 0.15) is 5.69 Å². The standard InChI is InChI=1S/C12H19N3O3S/c1-4-13(5-2)7-8-14(10(3)16)11-6-9-19-12(11)15(17)18/h6,9H,4-5,7-8H2,1-3H3. The molecule has 106 valence electrons. The summed E-state index contributed by atoms with van der Waals surface area (Å²) in [5.41, 5.74) is 0.398. The Morgan fingerprint density at radius 1 is 1.37 bits per heavy atom. The first-order valence-corrected chi connectivity index (χ1v) is 7.11. The largest absolute Gasteiger partial charge is 0.347 e. The zero-order valence-electron chi connectivity index (χ0n) is 11.5. The average molecular weight is 285 g/mol. The summed E-state index contributed by atoms with van der Waals surface area (Å²) in [4.78, 5) is 25.8. The number of rotatable bonds is 7. The second kappa shape index (κ2) is 7.20. The van der Waals surface area contributed by atoms with Crippen molar-refractivity contribution in [3.05, 3.63) is 21.6 Å². The number of nitro groups is 1. The van der Waals surface area contributed by atoms with Crippen LogP contribution in [0.3, 0.4) is 0 Å². The van der Waals surface area contributed by atoms with Crippen molar-refractivity contribution in [3.8, 4) is 0 Å². The molecule has 7 heteroatoms. The molecule has 1 heterocycles. The lowest BCUT2D eigenvalue weighted by atomic mass is 10.3. The van der Waals surface area contributed by atoms with Crippen LogP contribution < -0.4 is 4.90 Å². The van der Waals surface area contributed by atoms with Crippen molar-refractivity contribution < 1.29 is 9.72 Å². The molecule has 0 saturated carbocycles. The van der Waals surface area contributed by atoms with Crippen molar-refractivity contribution >= 4 is 27.9 Å². The van der Waals surface area contributed by atoms with E-state index in [0.717, 1.165) is 24.4 Å². The molecule has 0 aliphatic heterocycles. The fraction of sp³-hybridized carbons (Fsp3) is 0.583. The molecule has 0 atom stereocenters. The van der Waals surface area contributed by atoms with Crippen LogP contribution in [-0.2, 0) is 4.79 Å². The molecule has 1 amide bonds. The van der Waals surface area contributed by atoms with Crippen molar-refractivity contribution in [2.24, 2.45) is 0 Å². The van der Waals surface area contributed by atoms with Crippen LogP contribution in [0.1, 0.15) is 20.8 Å². The summed E-state index contributed by atoms with van der Waals surface area (Å²) in [6.45, 7) is 8.50. The molecular formula is C12H19N3O3S. The fourth-order valence-corrected chi connectivity index (χ4v) is 2.58. The Hall–Kier alpha value is -1.47. The molecule has 1 aromatic heterocycles. The highest BCUT2D eigenvalue weighted by Crippen LogP contribution is 2.33. The maximum Gasteiger partial charge on any atom is 0.347 e. The SMILES string of the molecule is CCN(CC)CCN(C(C)=O)c1ccsc1[N+](=O)[O-]. The van der Waals surface area contributed by atoms with Gasteiger partial charge >= 0.3 is 5.00 Å². The number of hydrogen-bond donors (Lipinski definition) is 0. The third-order valence-corrected chi connectivity index (χ3v) is 3.85. The topological polar surface area (TPSA) is 66.7 Å². The van der Waals surface area contributed by atoms with E-state index in [9.17, 15) is 14.9 Å². The van der Waals surface area contributed by atoms with Crippen molar-refractivity contribution in [1.29, 1.82) is 0 Å². The summed E-state index contributed by atoms with van der Waals surface area (Å²) < 4.78 is 0. The van der Waals surface area contributed by atoms with E-state index in [1.54, 1.807) is 11.4 Å². The first-order chi connectivity index (χ1) is 9.01. The lowest BCUT2D eigenvalue weighted by Crippen LogP contribution is -2.37. The summed E-state index contributed by atoms with van der Waals surface area (Å²) >= 11 is 1.04. The van der Waals surface area contributed by atoms with Gasteiger partial charge in [0.25, 0.3) is 0 Å². The predicted molar refractivity (Wildman–Crippen MR) is 76.8 cm³/mol. The molecule has 6 nitrogen and oxygen atoms in total. The summed E-state index contributed by atoms with van der Waals surface area (Å²) in [5, 5.41) is 12.6. The minimum atomic E-state index is -0.437. The number of amides is 1. The Bertz CT molecular complexity index is 443. The Balaban J connectivity index is 2.86. The van der Waals surface area contributed by atoms with Crippen LogP contribution in [0.4, 0.5) is 10.7 Å². The van der Waals surface area contributed by atoms with E-state index in [2.05, 4.69) is 18.7 Å². The summed E-state index contributed by atoms with van der Waals surface area (Å²) in [5.74, 6) is -0.173. The molecular weight excluding hydrogens is 266 g/mol. The monoisotopic (exact) mass is 285 g/mol. The molecule has 19 heavy (non-hydrogen) atoms. The number of hydrogen-bond acceptors (Lipinski definition) is 5. The maximum absolute atomic E-state index is 11.7. The van der Waals surface area contributed by atoms with Gasteiger partial charge in [-0.25, -0.2) is 0 Å². The first-order valence-electron chi connectivity index (χ1n) is 6.23. The molecule has 0 aliphatic carbocycles. The van der Waals surface area contributed by atoms with Crippen molar-refractivity contribution in [3.63, 3.8) is 0 Å². The van der Waals surface area contributed by atoms with Gasteiger partial charge in [0, 0.05) is 20.0 Å². The molecule has 0 radical (unpaired) electrons. The summed E-state index contributed by atoms with van der Waals surface area (Å²) in [7, 11) is 0. The van der Waals surface area contributed by atoms with E-state index in [0.29, 0.717) is 18.8 Å². The fourth-order valence-electron chi connectivity index (χ4n) is 1.87. The van der Waals surface area contributed by atoms with Crippen LogP contribution in [0.2, 0.25) is 0 Å². The summed E-state index contributed by atoms with van der Waals surface area (Å²) in [6.07, 6.45) is 0. The normalized spacial score (nSPS) is 10.7. The van der Waals surface area contributed by atoms with Gasteiger partial charge < -0.3 is 9.80 Å². The Morgan fingerprint density at radius 3 is 2.47 bits per heavy atom. The van der Waals surface area contributed by atoms with Crippen LogP contribution in [0.5, 0.6) is 0 Å². The lowest BCUT2D eigenvalue weighted by Gasteiger charge is -2.24. The lowest BCUT2D eigenvalue weighted by molar-refractivity contribution is -0.379. The van der Waals surface area contributed by atoms with Gasteiger partial charge in [0.2, 0.25) is 5.91 Å². The van der Waals surface area contributed by atoms with Gasteiger partial charge in [-0.2, -0.15) is 0 Å². The van der Waals surface area contributed by atoms with E-state index in [1.165, 1.54) is 11.8 Å². The van der Waals surface area contributed by atoms with Crippen LogP contribution in [0.15, 0.2) is 11.4 Å². The van der Waals surface area contributed by atoms with Crippen molar-refractivity contribution in [2.75, 3.05) is 31.1 Å². The van der Waals surface area contributed by atoms with Gasteiger partial charge in [-0.05, 0) is 24.5 Å². The second-order valence-corrected chi connectivity index (χ2v) is 4.96. The summed E-state index contributed by atoms with van der Waals surface area (Å²) in [6, 6.07) is 1.63. The van der Waals surface area contributed by atoms with Crippen molar-refractivity contribution in [2.45, 2.75) is 20.8 Å². The third kappa shape index (κ3) is 4.00. The quantitative estimate of drug-likeness (QED) is 0.569. The van der Waals surface area contributed by atoms with Crippen LogP contribution in [0.25, 0.3) is 0 Å². The highest BCUT2D eigenvalue weighted by Gasteiger charge is 2.23. The Morgan fingerprint density at radius 2 is 2.00 bits per heavy atom. The van der Waals surface area contributed by atoms with Crippen LogP contribution in [-0.4, -0.2) is 41.9 Å². The van der Waals surface area contributed by atoms with Gasteiger partial charge in [-0.3, -0.25) is 14.9 Å². The minimum Gasteiger partial charge on any atom is -0.305 e. The van der Waals surface area contributed by atoms with Gasteiger partial charge in [-0.1, -0.05) is 25.2 Å². The molecule has 1 aromatic rings. The average Bonchev–Trinajstić information content (AvgIpc) is 2.83. The zero-order chi connectivity index (χ0) is 14.4. The number of nitrogens with zero attached hydrogens (tertiary/aromatic N) is 3. The molecule has 0 unspecified atom stereocenters. The highest BCUT2D eigenvalue weighted by molar-refractivity contribution is 7.14. The number of thiophene rings is 1. The van der Waals surface area contributed by atoms with E-state index in [4.69, 9.17) is 0 Å². The molecule has 0 aliphatic rings. The zero-order valence-corrected chi connectivity index (χ0v) is 12.3.